The topological polar surface area (TPSA) is 54.8 Å². The molecular weight excluding hydrogens is 310 g/mol. The minimum absolute atomic E-state index is 0.659. The van der Waals surface area contributed by atoms with Crippen LogP contribution in [0.4, 0.5) is 5.13 Å². The van der Waals surface area contributed by atoms with Crippen molar-refractivity contribution < 1.29 is 0 Å². The molecule has 0 radical (unpaired) electrons. The fourth-order valence-corrected chi connectivity index (χ4v) is 4.34. The third kappa shape index (κ3) is 2.76. The number of rotatable bonds is 4. The Bertz CT molecular complexity index is 522. The second-order valence-electron chi connectivity index (χ2n) is 3.83. The molecule has 1 fully saturated rings. The van der Waals surface area contributed by atoms with Gasteiger partial charge in [0.2, 0.25) is 5.13 Å². The Morgan fingerprint density at radius 1 is 1.22 bits per heavy atom. The summed E-state index contributed by atoms with van der Waals surface area (Å²) in [6.07, 6.45) is 2.50. The summed E-state index contributed by atoms with van der Waals surface area (Å²) in [6, 6.07) is 0. The lowest BCUT2D eigenvalue weighted by Gasteiger charge is -2.10. The van der Waals surface area contributed by atoms with Gasteiger partial charge in [-0.3, -0.25) is 0 Å². The van der Waals surface area contributed by atoms with Crippen molar-refractivity contribution in [1.29, 1.82) is 0 Å². The van der Waals surface area contributed by atoms with Gasteiger partial charge in [0.15, 0.2) is 4.34 Å². The Kier molecular flexibility index (Phi) is 3.97. The van der Waals surface area contributed by atoms with Crippen molar-refractivity contribution in [2.45, 2.75) is 22.9 Å². The normalized spacial score (nSPS) is 15.5. The molecule has 0 saturated carbocycles. The quantitative estimate of drug-likeness (QED) is 0.808. The fraction of sp³-hybridized carbons (Fsp3) is 0.556. The molecule has 3 heterocycles. The van der Waals surface area contributed by atoms with Crippen LogP contribution in [0.1, 0.15) is 18.5 Å². The predicted molar refractivity (Wildman–Crippen MR) is 75.8 cm³/mol. The second kappa shape index (κ2) is 5.68. The SMILES string of the molecule is Clc1snnc1CSc1nnc(N2CCCC2)s1. The molecule has 3 rings (SSSR count). The molecule has 1 aliphatic heterocycles. The van der Waals surface area contributed by atoms with E-state index < -0.39 is 0 Å². The Morgan fingerprint density at radius 2 is 2.06 bits per heavy atom. The lowest BCUT2D eigenvalue weighted by Crippen LogP contribution is -2.17. The van der Waals surface area contributed by atoms with E-state index >= 15 is 0 Å². The molecular formula is C9H10ClN5S3. The first-order valence-corrected chi connectivity index (χ1v) is 8.46. The average Bonchev–Trinajstić information content (AvgIpc) is 3.08. The first-order valence-electron chi connectivity index (χ1n) is 5.51. The summed E-state index contributed by atoms with van der Waals surface area (Å²) in [6.45, 7) is 2.20. The fourth-order valence-electron chi connectivity index (χ4n) is 1.71. The highest BCUT2D eigenvalue weighted by Crippen LogP contribution is 2.32. The third-order valence-corrected chi connectivity index (χ3v) is 5.73. The van der Waals surface area contributed by atoms with Gasteiger partial charge in [-0.2, -0.15) is 0 Å². The van der Waals surface area contributed by atoms with E-state index in [9.17, 15) is 0 Å². The molecule has 0 N–H and O–H groups in total. The minimum Gasteiger partial charge on any atom is -0.347 e. The first kappa shape index (κ1) is 12.6. The van der Waals surface area contributed by atoms with Crippen LogP contribution in [0.25, 0.3) is 0 Å². The van der Waals surface area contributed by atoms with Crippen molar-refractivity contribution in [3.05, 3.63) is 10.0 Å². The van der Waals surface area contributed by atoms with Gasteiger partial charge in [-0.05, 0) is 12.8 Å². The molecule has 0 amide bonds. The Labute approximate surface area is 122 Å². The number of aromatic nitrogens is 4. The number of halogens is 1. The zero-order valence-electron chi connectivity index (χ0n) is 9.37. The highest BCUT2D eigenvalue weighted by molar-refractivity contribution is 8.00. The molecule has 9 heteroatoms. The predicted octanol–water partition coefficient (Wildman–Crippen LogP) is 2.94. The molecule has 1 saturated heterocycles. The molecule has 2 aromatic heterocycles. The zero-order chi connectivity index (χ0) is 12.4. The maximum absolute atomic E-state index is 5.95. The molecule has 0 aromatic carbocycles. The summed E-state index contributed by atoms with van der Waals surface area (Å²) in [5.74, 6) is 0.698. The van der Waals surface area contributed by atoms with E-state index in [1.807, 2.05) is 0 Å². The van der Waals surface area contributed by atoms with Crippen molar-refractivity contribution in [2.75, 3.05) is 18.0 Å². The van der Waals surface area contributed by atoms with Gasteiger partial charge < -0.3 is 4.90 Å². The Hall–Kier alpha value is -0.440. The molecule has 0 bridgehead atoms. The smallest absolute Gasteiger partial charge is 0.209 e. The number of thioether (sulfide) groups is 1. The van der Waals surface area contributed by atoms with Gasteiger partial charge in [0.1, 0.15) is 10.0 Å². The van der Waals surface area contributed by atoms with E-state index in [0.29, 0.717) is 10.1 Å². The number of nitrogens with zero attached hydrogens (tertiary/aromatic N) is 5. The van der Waals surface area contributed by atoms with Gasteiger partial charge in [-0.15, -0.1) is 15.3 Å². The number of hydrogen-bond donors (Lipinski definition) is 0. The van der Waals surface area contributed by atoms with E-state index in [0.717, 1.165) is 28.3 Å². The molecule has 5 nitrogen and oxygen atoms in total. The van der Waals surface area contributed by atoms with E-state index in [-0.39, 0.29) is 0 Å². The van der Waals surface area contributed by atoms with Crippen molar-refractivity contribution in [2.24, 2.45) is 0 Å². The van der Waals surface area contributed by atoms with E-state index in [1.165, 1.54) is 24.4 Å². The van der Waals surface area contributed by atoms with Crippen LogP contribution in [0.5, 0.6) is 0 Å². The summed E-state index contributed by atoms with van der Waals surface area (Å²) in [5, 5.41) is 13.4. The molecule has 2 aromatic rings. The van der Waals surface area contributed by atoms with Crippen LogP contribution >= 0.6 is 46.2 Å². The summed E-state index contributed by atoms with van der Waals surface area (Å²) in [4.78, 5) is 2.29. The summed E-state index contributed by atoms with van der Waals surface area (Å²) in [5.41, 5.74) is 0.824. The summed E-state index contributed by atoms with van der Waals surface area (Å²) in [7, 11) is 0. The van der Waals surface area contributed by atoms with Gasteiger partial charge in [0.25, 0.3) is 0 Å². The van der Waals surface area contributed by atoms with E-state index in [4.69, 9.17) is 11.6 Å². The second-order valence-corrected chi connectivity index (χ2v) is 7.36. The van der Waals surface area contributed by atoms with Crippen molar-refractivity contribution in [1.82, 2.24) is 19.8 Å². The Morgan fingerprint density at radius 3 is 2.78 bits per heavy atom. The zero-order valence-corrected chi connectivity index (χ0v) is 12.6. The maximum Gasteiger partial charge on any atom is 0.209 e. The minimum atomic E-state index is 0.659. The van der Waals surface area contributed by atoms with Gasteiger partial charge in [0, 0.05) is 30.4 Å². The molecule has 96 valence electrons. The molecule has 1 aliphatic rings. The van der Waals surface area contributed by atoms with Gasteiger partial charge >= 0.3 is 0 Å². The van der Waals surface area contributed by atoms with Gasteiger partial charge in [-0.1, -0.05) is 39.2 Å². The molecule has 0 atom stereocenters. The monoisotopic (exact) mass is 319 g/mol. The van der Waals surface area contributed by atoms with Crippen LogP contribution in [0.15, 0.2) is 4.34 Å². The summed E-state index contributed by atoms with van der Waals surface area (Å²) >= 11 is 10.4. The summed E-state index contributed by atoms with van der Waals surface area (Å²) < 4.78 is 5.43. The van der Waals surface area contributed by atoms with Crippen LogP contribution in [-0.2, 0) is 5.75 Å². The van der Waals surface area contributed by atoms with Crippen LogP contribution in [0.2, 0.25) is 4.34 Å². The highest BCUT2D eigenvalue weighted by Gasteiger charge is 2.17. The lowest BCUT2D eigenvalue weighted by atomic mass is 10.4. The van der Waals surface area contributed by atoms with Crippen LogP contribution in [-0.4, -0.2) is 32.9 Å². The van der Waals surface area contributed by atoms with E-state index in [2.05, 4.69) is 24.7 Å². The van der Waals surface area contributed by atoms with Crippen LogP contribution in [0.3, 0.4) is 0 Å². The highest BCUT2D eigenvalue weighted by atomic mass is 35.5. The molecule has 0 unspecified atom stereocenters. The van der Waals surface area contributed by atoms with Gasteiger partial charge in [0.05, 0.1) is 0 Å². The standard InChI is InChI=1S/C9H10ClN5S3/c10-7-6(11-14-18-7)5-16-9-13-12-8(17-9)15-3-1-2-4-15/h1-5H2. The third-order valence-electron chi connectivity index (χ3n) is 2.61. The number of anilines is 1. The average molecular weight is 320 g/mol. The first-order chi connectivity index (χ1) is 8.83. The number of hydrogen-bond acceptors (Lipinski definition) is 8. The lowest BCUT2D eigenvalue weighted by molar-refractivity contribution is 0.912. The van der Waals surface area contributed by atoms with E-state index in [1.54, 1.807) is 23.1 Å². The molecule has 18 heavy (non-hydrogen) atoms. The van der Waals surface area contributed by atoms with Crippen LogP contribution < -0.4 is 4.90 Å². The Balaban J connectivity index is 1.61. The molecule has 0 aliphatic carbocycles. The van der Waals surface area contributed by atoms with Crippen molar-refractivity contribution in [3.63, 3.8) is 0 Å². The van der Waals surface area contributed by atoms with Crippen molar-refractivity contribution >= 4 is 51.4 Å². The maximum atomic E-state index is 5.95. The molecule has 0 spiro atoms. The van der Waals surface area contributed by atoms with Gasteiger partial charge in [-0.25, -0.2) is 0 Å². The largest absolute Gasteiger partial charge is 0.347 e. The van der Waals surface area contributed by atoms with Crippen molar-refractivity contribution in [3.8, 4) is 0 Å². The van der Waals surface area contributed by atoms with Crippen LogP contribution in [0, 0.1) is 0 Å².